The molecule has 0 fully saturated rings. The van der Waals surface area contributed by atoms with Crippen LogP contribution in [0.2, 0.25) is 0 Å². The minimum absolute atomic E-state index is 0.254. The van der Waals surface area contributed by atoms with E-state index >= 15 is 0 Å². The van der Waals surface area contributed by atoms with Gasteiger partial charge in [-0.2, -0.15) is 5.11 Å². The Labute approximate surface area is 78.5 Å². The molecule has 1 aliphatic carbocycles. The molecule has 14 heavy (non-hydrogen) atoms. The first-order chi connectivity index (χ1) is 6.68. The van der Waals surface area contributed by atoms with Crippen LogP contribution < -0.4 is 0 Å². The molecule has 0 radical (unpaired) electrons. The van der Waals surface area contributed by atoms with Crippen molar-refractivity contribution < 1.29 is 9.72 Å². The third-order valence-corrected chi connectivity index (χ3v) is 1.94. The summed E-state index contributed by atoms with van der Waals surface area (Å²) < 4.78 is 0. The topological polar surface area (TPSA) is 84.9 Å². The van der Waals surface area contributed by atoms with Gasteiger partial charge in [0.1, 0.15) is 0 Å². The second-order valence-electron chi connectivity index (χ2n) is 2.82. The summed E-state index contributed by atoms with van der Waals surface area (Å²) in [6.07, 6.45) is 5.61. The number of hydrogen-bond donors (Lipinski definition) is 0. The molecule has 6 heteroatoms. The minimum atomic E-state index is -0.945. The monoisotopic (exact) mass is 191 g/mol. The highest BCUT2D eigenvalue weighted by atomic mass is 16.6. The van der Waals surface area contributed by atoms with Gasteiger partial charge in [-0.1, -0.05) is 0 Å². The molecule has 2 aliphatic rings. The zero-order valence-electron chi connectivity index (χ0n) is 6.95. The lowest BCUT2D eigenvalue weighted by Crippen LogP contribution is -2.19. The van der Waals surface area contributed by atoms with Crippen molar-refractivity contribution in [3.05, 3.63) is 45.7 Å². The lowest BCUT2D eigenvalue weighted by Gasteiger charge is -2.12. The van der Waals surface area contributed by atoms with Gasteiger partial charge in [0.05, 0.1) is 11.8 Å². The fraction of sp³-hybridized carbons (Fsp3) is 0.125. The number of hydrogen-bond acceptors (Lipinski definition) is 4. The molecular weight excluding hydrogens is 186 g/mol. The smallest absolute Gasteiger partial charge is 0.265 e. The Kier molecular flexibility index (Phi) is 1.81. The number of carbonyl (C=O) groups is 1. The minimum Gasteiger partial charge on any atom is -0.265 e. The van der Waals surface area contributed by atoms with Crippen LogP contribution in [0.5, 0.6) is 0 Å². The maximum Gasteiger partial charge on any atom is 0.296 e. The lowest BCUT2D eigenvalue weighted by molar-refractivity contribution is -0.496. The molecule has 0 spiro atoms. The van der Waals surface area contributed by atoms with Crippen LogP contribution in [0.15, 0.2) is 45.8 Å². The Morgan fingerprint density at radius 1 is 1.50 bits per heavy atom. The summed E-state index contributed by atoms with van der Waals surface area (Å²) in [6, 6.07) is -0.945. The summed E-state index contributed by atoms with van der Waals surface area (Å²) in [5, 5.41) is 17.2. The van der Waals surface area contributed by atoms with Crippen LogP contribution in [-0.4, -0.2) is 16.9 Å². The van der Waals surface area contributed by atoms with Gasteiger partial charge in [-0.3, -0.25) is 14.9 Å². The number of fused-ring (bicyclic) bond motifs is 1. The van der Waals surface area contributed by atoms with Crippen LogP contribution in [0.25, 0.3) is 0 Å². The van der Waals surface area contributed by atoms with Crippen molar-refractivity contribution in [1.29, 1.82) is 0 Å². The third kappa shape index (κ3) is 1.26. The number of amides is 1. The fourth-order valence-corrected chi connectivity index (χ4v) is 1.25. The molecule has 6 nitrogen and oxygen atoms in total. The molecule has 1 amide bonds. The summed E-state index contributed by atoms with van der Waals surface area (Å²) in [7, 11) is 0. The van der Waals surface area contributed by atoms with Gasteiger partial charge in [-0.05, 0) is 12.2 Å². The van der Waals surface area contributed by atoms with Crippen LogP contribution in [0, 0.1) is 10.1 Å². The van der Waals surface area contributed by atoms with Crippen LogP contribution >= 0.6 is 0 Å². The SMILES string of the molecule is O=C1N=NC=C2C=CC([N+](=O)[O-])C=C12. The Bertz CT molecular complexity index is 431. The summed E-state index contributed by atoms with van der Waals surface area (Å²) in [5.41, 5.74) is 0.826. The van der Waals surface area contributed by atoms with E-state index in [2.05, 4.69) is 10.2 Å². The molecule has 0 aromatic carbocycles. The molecule has 1 heterocycles. The van der Waals surface area contributed by atoms with E-state index in [1.165, 1.54) is 24.4 Å². The van der Waals surface area contributed by atoms with Crippen molar-refractivity contribution in [3.8, 4) is 0 Å². The average molecular weight is 191 g/mol. The van der Waals surface area contributed by atoms with Crippen molar-refractivity contribution in [2.45, 2.75) is 6.04 Å². The first-order valence-electron chi connectivity index (χ1n) is 3.88. The van der Waals surface area contributed by atoms with Gasteiger partial charge in [0, 0.05) is 16.6 Å². The largest absolute Gasteiger partial charge is 0.296 e. The summed E-state index contributed by atoms with van der Waals surface area (Å²) in [5.74, 6) is -0.529. The van der Waals surface area contributed by atoms with Crippen molar-refractivity contribution >= 4 is 5.91 Å². The highest BCUT2D eigenvalue weighted by Crippen LogP contribution is 2.23. The van der Waals surface area contributed by atoms with Gasteiger partial charge in [0.15, 0.2) is 0 Å². The summed E-state index contributed by atoms with van der Waals surface area (Å²) in [6.45, 7) is 0. The standard InChI is InChI=1S/C8H5N3O3/c12-8-7-3-6(11(13)14)2-1-5(7)4-9-10-8/h1-4,6H. The Hall–Kier alpha value is -2.11. The maximum absolute atomic E-state index is 11.2. The van der Waals surface area contributed by atoms with E-state index in [1.807, 2.05) is 0 Å². The highest BCUT2D eigenvalue weighted by molar-refractivity contribution is 6.00. The van der Waals surface area contributed by atoms with E-state index in [9.17, 15) is 14.9 Å². The second-order valence-corrected chi connectivity index (χ2v) is 2.82. The summed E-state index contributed by atoms with van der Waals surface area (Å²) in [4.78, 5) is 21.2. The molecule has 1 unspecified atom stereocenters. The average Bonchev–Trinajstić information content (AvgIpc) is 2.18. The van der Waals surface area contributed by atoms with Gasteiger partial charge in [-0.15, -0.1) is 5.11 Å². The Morgan fingerprint density at radius 2 is 2.29 bits per heavy atom. The predicted octanol–water partition coefficient (Wildman–Crippen LogP) is 1.00. The van der Waals surface area contributed by atoms with Crippen LogP contribution in [0.1, 0.15) is 0 Å². The molecule has 0 aromatic heterocycles. The highest BCUT2D eigenvalue weighted by Gasteiger charge is 2.25. The normalized spacial score (nSPS) is 24.0. The molecule has 1 aliphatic heterocycles. The molecule has 70 valence electrons. The van der Waals surface area contributed by atoms with Crippen LogP contribution in [0.4, 0.5) is 0 Å². The number of rotatable bonds is 1. The lowest BCUT2D eigenvalue weighted by atomic mass is 9.97. The van der Waals surface area contributed by atoms with E-state index < -0.39 is 16.9 Å². The zero-order chi connectivity index (χ0) is 10.1. The van der Waals surface area contributed by atoms with Gasteiger partial charge in [0.2, 0.25) is 0 Å². The molecule has 0 aromatic rings. The van der Waals surface area contributed by atoms with E-state index in [1.54, 1.807) is 0 Å². The van der Waals surface area contributed by atoms with E-state index in [0.717, 1.165) is 0 Å². The number of nitrogens with zero attached hydrogens (tertiary/aromatic N) is 3. The zero-order valence-corrected chi connectivity index (χ0v) is 6.95. The first kappa shape index (κ1) is 8.49. The quantitative estimate of drug-likeness (QED) is 0.457. The Balaban J connectivity index is 2.41. The van der Waals surface area contributed by atoms with E-state index in [-0.39, 0.29) is 5.57 Å². The fourth-order valence-electron chi connectivity index (χ4n) is 1.25. The van der Waals surface area contributed by atoms with Crippen LogP contribution in [-0.2, 0) is 4.79 Å². The number of nitro groups is 1. The molecule has 0 N–H and O–H groups in total. The number of azo groups is 1. The second kappa shape index (κ2) is 2.99. The number of allylic oxidation sites excluding steroid dienone is 1. The predicted molar refractivity (Wildman–Crippen MR) is 46.0 cm³/mol. The van der Waals surface area contributed by atoms with E-state index in [4.69, 9.17) is 0 Å². The summed E-state index contributed by atoms with van der Waals surface area (Å²) >= 11 is 0. The molecule has 0 bridgehead atoms. The van der Waals surface area contributed by atoms with E-state index in [0.29, 0.717) is 5.57 Å². The molecule has 2 rings (SSSR count). The maximum atomic E-state index is 11.2. The van der Waals surface area contributed by atoms with Gasteiger partial charge < -0.3 is 0 Å². The third-order valence-electron chi connectivity index (χ3n) is 1.94. The van der Waals surface area contributed by atoms with Gasteiger partial charge in [0.25, 0.3) is 11.9 Å². The number of carbonyl (C=O) groups excluding carboxylic acids is 1. The molecule has 1 atom stereocenters. The van der Waals surface area contributed by atoms with Gasteiger partial charge in [-0.25, -0.2) is 0 Å². The van der Waals surface area contributed by atoms with Crippen molar-refractivity contribution in [1.82, 2.24) is 0 Å². The molecule has 0 saturated carbocycles. The molecule has 0 saturated heterocycles. The van der Waals surface area contributed by atoms with Gasteiger partial charge >= 0.3 is 0 Å². The van der Waals surface area contributed by atoms with Crippen molar-refractivity contribution in [2.75, 3.05) is 0 Å². The van der Waals surface area contributed by atoms with Crippen molar-refractivity contribution in [3.63, 3.8) is 0 Å². The van der Waals surface area contributed by atoms with Crippen LogP contribution in [0.3, 0.4) is 0 Å². The van der Waals surface area contributed by atoms with Crippen molar-refractivity contribution in [2.24, 2.45) is 10.2 Å². The first-order valence-corrected chi connectivity index (χ1v) is 3.88. The molecular formula is C8H5N3O3. The Morgan fingerprint density at radius 3 is 3.00 bits per heavy atom.